The van der Waals surface area contributed by atoms with Gasteiger partial charge in [0.1, 0.15) is 6.04 Å². The maximum absolute atomic E-state index is 12.1. The Morgan fingerprint density at radius 2 is 1.91 bits per heavy atom. The van der Waals surface area contributed by atoms with Crippen molar-refractivity contribution in [2.45, 2.75) is 12.5 Å². The lowest BCUT2D eigenvalue weighted by atomic mass is 9.91. The average Bonchev–Trinajstić information content (AvgIpc) is 2.97. The first-order valence-corrected chi connectivity index (χ1v) is 7.45. The summed E-state index contributed by atoms with van der Waals surface area (Å²) < 4.78 is 0. The van der Waals surface area contributed by atoms with Gasteiger partial charge < -0.3 is 15.6 Å². The van der Waals surface area contributed by atoms with E-state index in [9.17, 15) is 4.79 Å². The maximum atomic E-state index is 12.1. The first-order valence-electron chi connectivity index (χ1n) is 7.45. The van der Waals surface area contributed by atoms with Gasteiger partial charge in [-0.15, -0.1) is 0 Å². The summed E-state index contributed by atoms with van der Waals surface area (Å²) in [5, 5.41) is 1.12. The van der Waals surface area contributed by atoms with Gasteiger partial charge in [0.05, 0.1) is 5.69 Å². The fraction of sp³-hybridized carbons (Fsp3) is 0.167. The van der Waals surface area contributed by atoms with Crippen LogP contribution in [0.1, 0.15) is 17.2 Å². The molecule has 22 heavy (non-hydrogen) atoms. The van der Waals surface area contributed by atoms with Crippen LogP contribution in [0.15, 0.2) is 54.7 Å². The Balaban J connectivity index is 1.86. The summed E-state index contributed by atoms with van der Waals surface area (Å²) in [7, 11) is 0. The number of benzene rings is 2. The van der Waals surface area contributed by atoms with Crippen LogP contribution in [0.25, 0.3) is 10.9 Å². The molecule has 2 heterocycles. The van der Waals surface area contributed by atoms with E-state index in [1.165, 1.54) is 5.56 Å². The number of amides is 1. The Kier molecular flexibility index (Phi) is 2.89. The summed E-state index contributed by atoms with van der Waals surface area (Å²) in [6.07, 6.45) is 2.88. The number of nitrogens with one attached hydrogen (secondary N) is 1. The van der Waals surface area contributed by atoms with E-state index in [1.54, 1.807) is 0 Å². The highest BCUT2D eigenvalue weighted by Gasteiger charge is 2.32. The van der Waals surface area contributed by atoms with E-state index in [0.29, 0.717) is 0 Å². The molecule has 3 N–H and O–H groups in total. The fourth-order valence-corrected chi connectivity index (χ4v) is 3.43. The van der Waals surface area contributed by atoms with E-state index in [0.717, 1.165) is 35.1 Å². The molecule has 4 rings (SSSR count). The number of nitrogens with two attached hydrogens (primary N) is 1. The zero-order valence-corrected chi connectivity index (χ0v) is 12.1. The number of rotatable bonds is 2. The summed E-state index contributed by atoms with van der Waals surface area (Å²) in [6.45, 7) is 0.784. The third-order valence-electron chi connectivity index (χ3n) is 4.43. The van der Waals surface area contributed by atoms with Crippen molar-refractivity contribution in [2.75, 3.05) is 11.4 Å². The van der Waals surface area contributed by atoms with Crippen LogP contribution in [0.4, 0.5) is 5.69 Å². The molecule has 0 aliphatic carbocycles. The summed E-state index contributed by atoms with van der Waals surface area (Å²) in [5.41, 5.74) is 10.1. The number of carbonyl (C=O) groups is 1. The molecule has 0 saturated carbocycles. The molecule has 1 aromatic heterocycles. The lowest BCUT2D eigenvalue weighted by molar-refractivity contribution is -0.119. The van der Waals surface area contributed by atoms with Gasteiger partial charge in [-0.3, -0.25) is 4.79 Å². The molecule has 0 fully saturated rings. The van der Waals surface area contributed by atoms with Crippen LogP contribution in [0, 0.1) is 0 Å². The lowest BCUT2D eigenvalue weighted by Gasteiger charge is -2.36. The maximum Gasteiger partial charge on any atom is 0.244 e. The van der Waals surface area contributed by atoms with Crippen LogP contribution in [0.3, 0.4) is 0 Å². The summed E-state index contributed by atoms with van der Waals surface area (Å²) >= 11 is 0. The smallest absolute Gasteiger partial charge is 0.244 e. The molecule has 4 nitrogen and oxygen atoms in total. The monoisotopic (exact) mass is 291 g/mol. The molecule has 110 valence electrons. The summed E-state index contributed by atoms with van der Waals surface area (Å²) in [6, 6.07) is 15.8. The van der Waals surface area contributed by atoms with Crippen LogP contribution in [-0.4, -0.2) is 17.4 Å². The van der Waals surface area contributed by atoms with Crippen LogP contribution in [0.2, 0.25) is 0 Å². The van der Waals surface area contributed by atoms with Crippen molar-refractivity contribution in [1.82, 2.24) is 4.98 Å². The lowest BCUT2D eigenvalue weighted by Crippen LogP contribution is -2.42. The quantitative estimate of drug-likeness (QED) is 0.762. The standard InChI is InChI=1S/C18H17N3O/c19-18(22)17-13-6-2-1-5-12(13)9-10-21(17)16-11-20-15-8-4-3-7-14(15)16/h1-8,11,17,20H,9-10H2,(H2,19,22). The molecule has 1 atom stereocenters. The number of fused-ring (bicyclic) bond motifs is 2. The van der Waals surface area contributed by atoms with Crippen molar-refractivity contribution in [2.24, 2.45) is 5.73 Å². The number of hydrogen-bond acceptors (Lipinski definition) is 2. The number of anilines is 1. The van der Waals surface area contributed by atoms with Crippen molar-refractivity contribution in [3.8, 4) is 0 Å². The third-order valence-corrected chi connectivity index (χ3v) is 4.43. The highest BCUT2D eigenvalue weighted by atomic mass is 16.1. The highest BCUT2D eigenvalue weighted by molar-refractivity contribution is 5.96. The van der Waals surface area contributed by atoms with Gasteiger partial charge in [-0.25, -0.2) is 0 Å². The Labute approximate surface area is 128 Å². The number of hydrogen-bond donors (Lipinski definition) is 2. The van der Waals surface area contributed by atoms with Crippen molar-refractivity contribution >= 4 is 22.5 Å². The Bertz CT molecular complexity index is 852. The van der Waals surface area contributed by atoms with Crippen molar-refractivity contribution in [3.05, 3.63) is 65.9 Å². The minimum absolute atomic E-state index is 0.308. The van der Waals surface area contributed by atoms with Crippen molar-refractivity contribution in [3.63, 3.8) is 0 Å². The first-order chi connectivity index (χ1) is 10.8. The molecular formula is C18H17N3O. The van der Waals surface area contributed by atoms with Gasteiger partial charge in [-0.2, -0.15) is 0 Å². The number of primary amides is 1. The molecule has 1 aliphatic heterocycles. The minimum atomic E-state index is -0.413. The average molecular weight is 291 g/mol. The summed E-state index contributed by atoms with van der Waals surface area (Å²) in [4.78, 5) is 17.5. The van der Waals surface area contributed by atoms with Gasteiger partial charge in [-0.05, 0) is 23.6 Å². The van der Waals surface area contributed by atoms with E-state index in [-0.39, 0.29) is 5.91 Å². The second-order valence-electron chi connectivity index (χ2n) is 5.67. The number of carbonyl (C=O) groups excluding carboxylic acids is 1. The minimum Gasteiger partial charge on any atom is -0.368 e. The van der Waals surface area contributed by atoms with E-state index in [2.05, 4.69) is 22.0 Å². The molecule has 1 amide bonds. The first kappa shape index (κ1) is 13.0. The molecule has 1 unspecified atom stereocenters. The Hall–Kier alpha value is -2.75. The second-order valence-corrected chi connectivity index (χ2v) is 5.67. The van der Waals surface area contributed by atoms with Gasteiger partial charge in [-0.1, -0.05) is 42.5 Å². The van der Waals surface area contributed by atoms with Crippen molar-refractivity contribution < 1.29 is 4.79 Å². The predicted molar refractivity (Wildman–Crippen MR) is 87.7 cm³/mol. The van der Waals surface area contributed by atoms with E-state index in [4.69, 9.17) is 5.73 Å². The molecule has 2 aromatic carbocycles. The fourth-order valence-electron chi connectivity index (χ4n) is 3.43. The normalized spacial score (nSPS) is 17.5. The van der Waals surface area contributed by atoms with E-state index >= 15 is 0 Å². The molecule has 0 spiro atoms. The topological polar surface area (TPSA) is 62.1 Å². The van der Waals surface area contributed by atoms with Gasteiger partial charge in [0, 0.05) is 23.6 Å². The van der Waals surface area contributed by atoms with Gasteiger partial charge in [0.2, 0.25) is 5.91 Å². The molecule has 0 bridgehead atoms. The molecule has 1 aliphatic rings. The summed E-state index contributed by atoms with van der Waals surface area (Å²) in [5.74, 6) is -0.308. The second kappa shape index (κ2) is 4.91. The number of para-hydroxylation sites is 1. The van der Waals surface area contributed by atoms with Crippen LogP contribution in [0.5, 0.6) is 0 Å². The molecular weight excluding hydrogens is 274 g/mol. The van der Waals surface area contributed by atoms with Crippen LogP contribution >= 0.6 is 0 Å². The largest absolute Gasteiger partial charge is 0.368 e. The molecule has 3 aromatic rings. The zero-order chi connectivity index (χ0) is 15.1. The van der Waals surface area contributed by atoms with Crippen molar-refractivity contribution in [1.29, 1.82) is 0 Å². The van der Waals surface area contributed by atoms with Gasteiger partial charge >= 0.3 is 0 Å². The molecule has 0 saturated heterocycles. The third kappa shape index (κ3) is 1.88. The number of aromatic amines is 1. The Morgan fingerprint density at radius 3 is 2.77 bits per heavy atom. The predicted octanol–water partition coefficient (Wildman–Crippen LogP) is 2.76. The molecule has 0 radical (unpaired) electrons. The number of nitrogens with zero attached hydrogens (tertiary/aromatic N) is 1. The van der Waals surface area contributed by atoms with Gasteiger partial charge in [0.15, 0.2) is 0 Å². The van der Waals surface area contributed by atoms with E-state index in [1.807, 2.05) is 42.6 Å². The highest BCUT2D eigenvalue weighted by Crippen LogP contribution is 2.37. The van der Waals surface area contributed by atoms with Crippen LogP contribution in [-0.2, 0) is 11.2 Å². The number of H-pyrrole nitrogens is 1. The SMILES string of the molecule is NC(=O)C1c2ccccc2CCN1c1c[nH]c2ccccc12. The van der Waals surface area contributed by atoms with E-state index < -0.39 is 6.04 Å². The number of aromatic nitrogens is 1. The molecule has 4 heteroatoms. The Morgan fingerprint density at radius 1 is 1.14 bits per heavy atom. The van der Waals surface area contributed by atoms with Gasteiger partial charge in [0.25, 0.3) is 0 Å². The van der Waals surface area contributed by atoms with Crippen LogP contribution < -0.4 is 10.6 Å². The zero-order valence-electron chi connectivity index (χ0n) is 12.1.